The first-order chi connectivity index (χ1) is 5.72. The molecule has 4 nitrogen and oxygen atoms in total. The molecule has 12 heavy (non-hydrogen) atoms. The Kier molecular flexibility index (Phi) is 3.48. The molecule has 0 amide bonds. The number of hydrogen-bond donors (Lipinski definition) is 1. The Morgan fingerprint density at radius 3 is 3.17 bits per heavy atom. The Balaban J connectivity index is 2.32. The Morgan fingerprint density at radius 1 is 1.83 bits per heavy atom. The summed E-state index contributed by atoms with van der Waals surface area (Å²) in [6, 6.07) is 2.06. The lowest BCUT2D eigenvalue weighted by Crippen LogP contribution is -2.44. The minimum Gasteiger partial charge on any atom is -0.392 e. The minimum absolute atomic E-state index is 0.322. The predicted molar refractivity (Wildman–Crippen MR) is 43.5 cm³/mol. The molecule has 1 unspecified atom stereocenters. The zero-order chi connectivity index (χ0) is 8.97. The largest absolute Gasteiger partial charge is 0.392 e. The van der Waals surface area contributed by atoms with Crippen molar-refractivity contribution in [2.45, 2.75) is 19.1 Å². The van der Waals surface area contributed by atoms with E-state index in [-0.39, 0.29) is 12.2 Å². The summed E-state index contributed by atoms with van der Waals surface area (Å²) in [7, 11) is 0. The number of β-amino-alcohol motifs (C(OH)–C–C–N with tert-alkyl or cyclic N) is 1. The first-order valence-electron chi connectivity index (χ1n) is 4.14. The summed E-state index contributed by atoms with van der Waals surface area (Å²) in [6.07, 6.45) is -0.653. The number of aliphatic hydroxyl groups excluding tert-OH is 1. The van der Waals surface area contributed by atoms with E-state index < -0.39 is 0 Å². The molecule has 1 N–H and O–H groups in total. The third-order valence-corrected chi connectivity index (χ3v) is 1.82. The van der Waals surface area contributed by atoms with Gasteiger partial charge in [-0.05, 0) is 6.92 Å². The molecule has 0 aromatic rings. The summed E-state index contributed by atoms with van der Waals surface area (Å²) >= 11 is 0. The molecule has 0 bridgehead atoms. The molecule has 1 fully saturated rings. The molecule has 1 saturated heterocycles. The van der Waals surface area contributed by atoms with Crippen LogP contribution < -0.4 is 0 Å². The summed E-state index contributed by atoms with van der Waals surface area (Å²) in [5, 5.41) is 17.7. The summed E-state index contributed by atoms with van der Waals surface area (Å²) in [5.41, 5.74) is 0. The Labute approximate surface area is 72.3 Å². The molecule has 4 heteroatoms. The van der Waals surface area contributed by atoms with E-state index in [4.69, 9.17) is 15.1 Å². The van der Waals surface area contributed by atoms with Gasteiger partial charge in [-0.3, -0.25) is 4.90 Å². The van der Waals surface area contributed by atoms with Crippen LogP contribution in [0.4, 0.5) is 0 Å². The lowest BCUT2D eigenvalue weighted by atomic mass is 10.2. The maximum Gasteiger partial charge on any atom is 0.156 e. The Morgan fingerprint density at radius 2 is 2.58 bits per heavy atom. The quantitative estimate of drug-likeness (QED) is 0.612. The second kappa shape index (κ2) is 4.41. The Bertz CT molecular complexity index is 176. The van der Waals surface area contributed by atoms with Crippen molar-refractivity contribution >= 4 is 0 Å². The summed E-state index contributed by atoms with van der Waals surface area (Å²) < 4.78 is 5.15. The van der Waals surface area contributed by atoms with Gasteiger partial charge in [0.1, 0.15) is 0 Å². The van der Waals surface area contributed by atoms with Crippen molar-refractivity contribution in [3.8, 4) is 6.07 Å². The van der Waals surface area contributed by atoms with Crippen LogP contribution in [0.25, 0.3) is 0 Å². The third-order valence-electron chi connectivity index (χ3n) is 1.82. The second-order valence-corrected chi connectivity index (χ2v) is 3.10. The highest BCUT2D eigenvalue weighted by molar-refractivity contribution is 4.89. The van der Waals surface area contributed by atoms with Gasteiger partial charge in [0, 0.05) is 19.6 Å². The standard InChI is InChI=1S/C8H14N2O2/c1-7(11)5-10-2-3-12-8(4-9)6-10/h7-8,11H,2-3,5-6H2,1H3/t7-,8?/m0/s1. The first-order valence-corrected chi connectivity index (χ1v) is 4.14. The maximum absolute atomic E-state index is 9.10. The van der Waals surface area contributed by atoms with Gasteiger partial charge in [0.15, 0.2) is 6.10 Å². The summed E-state index contributed by atoms with van der Waals surface area (Å²) in [5.74, 6) is 0. The van der Waals surface area contributed by atoms with Gasteiger partial charge >= 0.3 is 0 Å². The van der Waals surface area contributed by atoms with Crippen LogP contribution in [0.5, 0.6) is 0 Å². The van der Waals surface area contributed by atoms with Crippen molar-refractivity contribution in [2.75, 3.05) is 26.2 Å². The second-order valence-electron chi connectivity index (χ2n) is 3.10. The Hall–Kier alpha value is -0.630. The van der Waals surface area contributed by atoms with Gasteiger partial charge in [-0.1, -0.05) is 0 Å². The van der Waals surface area contributed by atoms with Crippen LogP contribution in [-0.2, 0) is 4.74 Å². The van der Waals surface area contributed by atoms with E-state index >= 15 is 0 Å². The van der Waals surface area contributed by atoms with Crippen molar-refractivity contribution in [2.24, 2.45) is 0 Å². The van der Waals surface area contributed by atoms with Gasteiger partial charge in [-0.25, -0.2) is 0 Å². The van der Waals surface area contributed by atoms with Crippen LogP contribution >= 0.6 is 0 Å². The third kappa shape index (κ3) is 2.78. The maximum atomic E-state index is 9.10. The molecule has 0 saturated carbocycles. The molecule has 68 valence electrons. The van der Waals surface area contributed by atoms with Crippen LogP contribution in [0.15, 0.2) is 0 Å². The number of ether oxygens (including phenoxy) is 1. The number of rotatable bonds is 2. The van der Waals surface area contributed by atoms with Crippen molar-refractivity contribution < 1.29 is 9.84 Å². The topological polar surface area (TPSA) is 56.5 Å². The number of nitrogens with zero attached hydrogens (tertiary/aromatic N) is 2. The average Bonchev–Trinajstić information content (AvgIpc) is 2.03. The van der Waals surface area contributed by atoms with Crippen LogP contribution in [0.3, 0.4) is 0 Å². The number of morpholine rings is 1. The SMILES string of the molecule is C[C@H](O)CN1CCOC(C#N)C1. The van der Waals surface area contributed by atoms with Gasteiger partial charge in [0.25, 0.3) is 0 Å². The molecule has 1 rings (SSSR count). The van der Waals surface area contributed by atoms with Gasteiger partial charge in [-0.2, -0.15) is 5.26 Å². The zero-order valence-corrected chi connectivity index (χ0v) is 7.23. The van der Waals surface area contributed by atoms with E-state index in [2.05, 4.69) is 6.07 Å². The van der Waals surface area contributed by atoms with Crippen molar-refractivity contribution in [3.63, 3.8) is 0 Å². The first kappa shape index (κ1) is 9.46. The van der Waals surface area contributed by atoms with E-state index in [1.807, 2.05) is 4.90 Å². The average molecular weight is 170 g/mol. The van der Waals surface area contributed by atoms with E-state index in [9.17, 15) is 0 Å². The minimum atomic E-state index is -0.331. The molecule has 0 aromatic heterocycles. The zero-order valence-electron chi connectivity index (χ0n) is 7.23. The fourth-order valence-corrected chi connectivity index (χ4v) is 1.32. The van der Waals surface area contributed by atoms with Crippen LogP contribution in [-0.4, -0.2) is 48.5 Å². The molecule has 0 spiro atoms. The molecule has 1 heterocycles. The summed E-state index contributed by atoms with van der Waals surface area (Å²) in [6.45, 7) is 4.38. The van der Waals surface area contributed by atoms with Gasteiger partial charge < -0.3 is 9.84 Å². The predicted octanol–water partition coefficient (Wildman–Crippen LogP) is -0.408. The molecule has 0 aromatic carbocycles. The fourth-order valence-electron chi connectivity index (χ4n) is 1.32. The molecule has 1 aliphatic heterocycles. The smallest absolute Gasteiger partial charge is 0.156 e. The molecule has 2 atom stereocenters. The molecule has 1 aliphatic rings. The number of hydrogen-bond acceptors (Lipinski definition) is 4. The highest BCUT2D eigenvalue weighted by atomic mass is 16.5. The number of aliphatic hydroxyl groups is 1. The van der Waals surface area contributed by atoms with Crippen molar-refractivity contribution in [1.82, 2.24) is 4.90 Å². The molecular weight excluding hydrogens is 156 g/mol. The fraction of sp³-hybridized carbons (Fsp3) is 0.875. The highest BCUT2D eigenvalue weighted by Crippen LogP contribution is 2.04. The van der Waals surface area contributed by atoms with E-state index in [0.717, 1.165) is 6.54 Å². The lowest BCUT2D eigenvalue weighted by Gasteiger charge is -2.30. The van der Waals surface area contributed by atoms with Gasteiger partial charge in [0.2, 0.25) is 0 Å². The van der Waals surface area contributed by atoms with E-state index in [1.165, 1.54) is 0 Å². The van der Waals surface area contributed by atoms with Gasteiger partial charge in [0.05, 0.1) is 18.8 Å². The number of nitriles is 1. The van der Waals surface area contributed by atoms with E-state index in [0.29, 0.717) is 19.7 Å². The normalized spacial score (nSPS) is 27.9. The van der Waals surface area contributed by atoms with Gasteiger partial charge in [-0.15, -0.1) is 0 Å². The molecule has 0 aliphatic carbocycles. The highest BCUT2D eigenvalue weighted by Gasteiger charge is 2.20. The van der Waals surface area contributed by atoms with Crippen LogP contribution in [0.1, 0.15) is 6.92 Å². The van der Waals surface area contributed by atoms with Crippen LogP contribution in [0, 0.1) is 11.3 Å². The van der Waals surface area contributed by atoms with Crippen LogP contribution in [0.2, 0.25) is 0 Å². The van der Waals surface area contributed by atoms with Crippen molar-refractivity contribution in [1.29, 1.82) is 5.26 Å². The monoisotopic (exact) mass is 170 g/mol. The van der Waals surface area contributed by atoms with E-state index in [1.54, 1.807) is 6.92 Å². The summed E-state index contributed by atoms with van der Waals surface area (Å²) in [4.78, 5) is 2.04. The van der Waals surface area contributed by atoms with Crippen molar-refractivity contribution in [3.05, 3.63) is 0 Å². The molecular formula is C8H14N2O2. The lowest BCUT2D eigenvalue weighted by molar-refractivity contribution is -0.0133. The molecule has 0 radical (unpaired) electrons.